The SMILES string of the molecule is CCNC(Cc1nccn1C)c1cc(F)c(Cl)cc1F. The van der Waals surface area contributed by atoms with E-state index in [0.29, 0.717) is 13.0 Å². The molecular formula is C14H16ClF2N3. The van der Waals surface area contributed by atoms with Gasteiger partial charge in [0.1, 0.15) is 17.5 Å². The maximum absolute atomic E-state index is 14.0. The molecule has 0 saturated heterocycles. The Kier molecular flexibility index (Phi) is 4.73. The van der Waals surface area contributed by atoms with Gasteiger partial charge in [-0.25, -0.2) is 13.8 Å². The second-order valence-corrected chi connectivity index (χ2v) is 4.96. The molecule has 0 radical (unpaired) electrons. The number of halogens is 3. The first-order valence-electron chi connectivity index (χ1n) is 6.37. The molecule has 1 unspecified atom stereocenters. The molecule has 2 rings (SSSR count). The molecule has 0 saturated carbocycles. The van der Waals surface area contributed by atoms with E-state index in [1.807, 2.05) is 24.7 Å². The highest BCUT2D eigenvalue weighted by molar-refractivity contribution is 6.30. The number of rotatable bonds is 5. The number of aryl methyl sites for hydroxylation is 1. The first-order valence-corrected chi connectivity index (χ1v) is 6.74. The zero-order valence-electron chi connectivity index (χ0n) is 11.3. The Morgan fingerprint density at radius 1 is 1.35 bits per heavy atom. The van der Waals surface area contributed by atoms with E-state index < -0.39 is 11.6 Å². The first-order chi connectivity index (χ1) is 9.52. The van der Waals surface area contributed by atoms with Gasteiger partial charge >= 0.3 is 0 Å². The average Bonchev–Trinajstić information content (AvgIpc) is 2.79. The summed E-state index contributed by atoms with van der Waals surface area (Å²) in [7, 11) is 1.87. The van der Waals surface area contributed by atoms with Crippen molar-refractivity contribution in [2.45, 2.75) is 19.4 Å². The fourth-order valence-electron chi connectivity index (χ4n) is 2.12. The molecule has 1 aromatic carbocycles. The topological polar surface area (TPSA) is 29.9 Å². The zero-order valence-corrected chi connectivity index (χ0v) is 12.1. The molecule has 0 aliphatic rings. The maximum atomic E-state index is 14.0. The van der Waals surface area contributed by atoms with Crippen LogP contribution in [0.2, 0.25) is 5.02 Å². The van der Waals surface area contributed by atoms with Crippen LogP contribution in [0.1, 0.15) is 24.4 Å². The molecule has 6 heteroatoms. The number of likely N-dealkylation sites (N-methyl/N-ethyl adjacent to an activating group) is 1. The summed E-state index contributed by atoms with van der Waals surface area (Å²) in [4.78, 5) is 4.21. The van der Waals surface area contributed by atoms with Crippen molar-refractivity contribution >= 4 is 11.6 Å². The van der Waals surface area contributed by atoms with E-state index in [1.165, 1.54) is 0 Å². The minimum atomic E-state index is -0.620. The maximum Gasteiger partial charge on any atom is 0.142 e. The van der Waals surface area contributed by atoms with Crippen molar-refractivity contribution in [1.82, 2.24) is 14.9 Å². The van der Waals surface area contributed by atoms with Gasteiger partial charge in [-0.15, -0.1) is 0 Å². The van der Waals surface area contributed by atoms with Gasteiger partial charge in [-0.3, -0.25) is 0 Å². The van der Waals surface area contributed by atoms with Crippen molar-refractivity contribution < 1.29 is 8.78 Å². The van der Waals surface area contributed by atoms with Crippen molar-refractivity contribution in [2.24, 2.45) is 7.05 Å². The van der Waals surface area contributed by atoms with E-state index in [9.17, 15) is 8.78 Å². The van der Waals surface area contributed by atoms with Crippen LogP contribution in [0.4, 0.5) is 8.78 Å². The third-order valence-electron chi connectivity index (χ3n) is 3.17. The number of imidazole rings is 1. The summed E-state index contributed by atoms with van der Waals surface area (Å²) in [5, 5.41) is 2.94. The monoisotopic (exact) mass is 299 g/mol. The molecule has 1 aromatic heterocycles. The van der Waals surface area contributed by atoms with E-state index in [4.69, 9.17) is 11.6 Å². The lowest BCUT2D eigenvalue weighted by Crippen LogP contribution is -2.25. The van der Waals surface area contributed by atoms with Crippen molar-refractivity contribution in [1.29, 1.82) is 0 Å². The molecule has 0 amide bonds. The molecule has 108 valence electrons. The van der Waals surface area contributed by atoms with Gasteiger partial charge in [0, 0.05) is 37.5 Å². The van der Waals surface area contributed by atoms with Crippen molar-refractivity contribution in [2.75, 3.05) is 6.54 Å². The van der Waals surface area contributed by atoms with Crippen LogP contribution in [-0.4, -0.2) is 16.1 Å². The minimum Gasteiger partial charge on any atom is -0.338 e. The molecule has 0 aliphatic carbocycles. The van der Waals surface area contributed by atoms with Gasteiger partial charge in [0.25, 0.3) is 0 Å². The predicted molar refractivity (Wildman–Crippen MR) is 74.7 cm³/mol. The second-order valence-electron chi connectivity index (χ2n) is 4.56. The van der Waals surface area contributed by atoms with Crippen LogP contribution in [0.25, 0.3) is 0 Å². The Labute approximate surface area is 121 Å². The molecule has 3 nitrogen and oxygen atoms in total. The average molecular weight is 300 g/mol. The van der Waals surface area contributed by atoms with Crippen molar-refractivity contribution in [3.63, 3.8) is 0 Å². The van der Waals surface area contributed by atoms with Gasteiger partial charge in [0.05, 0.1) is 5.02 Å². The Bertz CT molecular complexity index is 598. The lowest BCUT2D eigenvalue weighted by molar-refractivity contribution is 0.490. The van der Waals surface area contributed by atoms with Crippen LogP contribution in [0, 0.1) is 11.6 Å². The third-order valence-corrected chi connectivity index (χ3v) is 3.46. The van der Waals surface area contributed by atoms with Gasteiger partial charge in [-0.05, 0) is 18.7 Å². The van der Waals surface area contributed by atoms with E-state index in [1.54, 1.807) is 6.20 Å². The Hall–Kier alpha value is -1.46. The Morgan fingerprint density at radius 3 is 2.70 bits per heavy atom. The zero-order chi connectivity index (χ0) is 14.7. The van der Waals surface area contributed by atoms with Crippen LogP contribution in [-0.2, 0) is 13.5 Å². The third kappa shape index (κ3) is 3.16. The summed E-state index contributed by atoms with van der Waals surface area (Å²) < 4.78 is 29.4. The highest BCUT2D eigenvalue weighted by Gasteiger charge is 2.19. The molecule has 20 heavy (non-hydrogen) atoms. The van der Waals surface area contributed by atoms with Crippen LogP contribution in [0.15, 0.2) is 24.5 Å². The number of nitrogens with one attached hydrogen (secondary N) is 1. The molecule has 1 N–H and O–H groups in total. The normalized spacial score (nSPS) is 12.7. The molecule has 0 spiro atoms. The van der Waals surface area contributed by atoms with Crippen LogP contribution < -0.4 is 5.32 Å². The van der Waals surface area contributed by atoms with Crippen molar-refractivity contribution in [3.05, 3.63) is 52.6 Å². The number of hydrogen-bond acceptors (Lipinski definition) is 2. The van der Waals surface area contributed by atoms with Crippen molar-refractivity contribution in [3.8, 4) is 0 Å². The summed E-state index contributed by atoms with van der Waals surface area (Å²) in [5.41, 5.74) is 0.261. The van der Waals surface area contributed by atoms with E-state index in [2.05, 4.69) is 10.3 Å². The Morgan fingerprint density at radius 2 is 2.10 bits per heavy atom. The molecule has 0 fully saturated rings. The van der Waals surface area contributed by atoms with E-state index >= 15 is 0 Å². The van der Waals surface area contributed by atoms with Crippen LogP contribution in [0.3, 0.4) is 0 Å². The van der Waals surface area contributed by atoms with E-state index in [-0.39, 0.29) is 16.6 Å². The van der Waals surface area contributed by atoms with Gasteiger partial charge in [-0.1, -0.05) is 18.5 Å². The highest BCUT2D eigenvalue weighted by atomic mass is 35.5. The lowest BCUT2D eigenvalue weighted by atomic mass is 10.0. The lowest BCUT2D eigenvalue weighted by Gasteiger charge is -2.19. The van der Waals surface area contributed by atoms with E-state index in [0.717, 1.165) is 18.0 Å². The summed E-state index contributed by atoms with van der Waals surface area (Å²) in [5.74, 6) is -0.340. The summed E-state index contributed by atoms with van der Waals surface area (Å²) in [6, 6.07) is 1.80. The summed E-state index contributed by atoms with van der Waals surface area (Å²) in [6.07, 6.45) is 3.96. The molecule has 2 aromatic rings. The first kappa shape index (κ1) is 14.9. The largest absolute Gasteiger partial charge is 0.338 e. The molecule has 1 atom stereocenters. The Balaban J connectivity index is 2.33. The number of hydrogen-bond donors (Lipinski definition) is 1. The fourth-order valence-corrected chi connectivity index (χ4v) is 2.27. The smallest absolute Gasteiger partial charge is 0.142 e. The fraction of sp³-hybridized carbons (Fsp3) is 0.357. The highest BCUT2D eigenvalue weighted by Crippen LogP contribution is 2.26. The summed E-state index contributed by atoms with van der Waals surface area (Å²) in [6.45, 7) is 2.55. The van der Waals surface area contributed by atoms with Gasteiger partial charge in [-0.2, -0.15) is 0 Å². The van der Waals surface area contributed by atoms with Gasteiger partial charge < -0.3 is 9.88 Å². The number of aromatic nitrogens is 2. The molecular weight excluding hydrogens is 284 g/mol. The van der Waals surface area contributed by atoms with Crippen LogP contribution in [0.5, 0.6) is 0 Å². The van der Waals surface area contributed by atoms with Gasteiger partial charge in [0.2, 0.25) is 0 Å². The van der Waals surface area contributed by atoms with Crippen LogP contribution >= 0.6 is 11.6 Å². The second kappa shape index (κ2) is 6.33. The number of benzene rings is 1. The minimum absolute atomic E-state index is 0.210. The van der Waals surface area contributed by atoms with Gasteiger partial charge in [0.15, 0.2) is 0 Å². The predicted octanol–water partition coefficient (Wildman–Crippen LogP) is 3.25. The molecule has 0 bridgehead atoms. The number of nitrogens with zero attached hydrogens (tertiary/aromatic N) is 2. The standard InChI is InChI=1S/C14H16ClF2N3/c1-3-18-13(8-14-19-4-5-20(14)2)9-6-12(17)10(15)7-11(9)16/h4-7,13,18H,3,8H2,1-2H3. The molecule has 1 heterocycles. The summed E-state index contributed by atoms with van der Waals surface area (Å²) >= 11 is 5.58. The quantitative estimate of drug-likeness (QED) is 0.859. The molecule has 0 aliphatic heterocycles.